The summed E-state index contributed by atoms with van der Waals surface area (Å²) in [6.07, 6.45) is 2.83. The van der Waals surface area contributed by atoms with Gasteiger partial charge < -0.3 is 0 Å². The lowest BCUT2D eigenvalue weighted by Crippen LogP contribution is -1.95. The summed E-state index contributed by atoms with van der Waals surface area (Å²) in [5, 5.41) is 0. The molecular formula is C10H12Cl2Si. The van der Waals surface area contributed by atoms with Gasteiger partial charge in [-0.05, 0) is 23.6 Å². The van der Waals surface area contributed by atoms with Crippen molar-refractivity contribution in [1.29, 1.82) is 0 Å². The van der Waals surface area contributed by atoms with E-state index in [4.69, 9.17) is 22.2 Å². The molecule has 13 heavy (non-hydrogen) atoms. The van der Waals surface area contributed by atoms with Crippen LogP contribution in [0, 0.1) is 0 Å². The molecule has 0 aromatic heterocycles. The predicted octanol–water partition coefficient (Wildman–Crippen LogP) is 3.57. The van der Waals surface area contributed by atoms with Crippen molar-refractivity contribution in [2.45, 2.75) is 12.5 Å². The molecular weight excluding hydrogens is 219 g/mol. The van der Waals surface area contributed by atoms with Crippen LogP contribution in [0.2, 0.25) is 6.04 Å². The molecule has 1 rings (SSSR count). The normalized spacial score (nSPS) is 10.4. The van der Waals surface area contributed by atoms with Crippen molar-refractivity contribution in [2.75, 3.05) is 0 Å². The van der Waals surface area contributed by atoms with Gasteiger partial charge in [-0.15, -0.1) is 0 Å². The zero-order valence-electron chi connectivity index (χ0n) is 7.34. The number of rotatable bonds is 4. The monoisotopic (exact) mass is 230 g/mol. The van der Waals surface area contributed by atoms with Crippen molar-refractivity contribution in [1.82, 2.24) is 0 Å². The maximum Gasteiger partial charge on any atom is 0.237 e. The van der Waals surface area contributed by atoms with Crippen LogP contribution in [0.3, 0.4) is 0 Å². The predicted molar refractivity (Wildman–Crippen MR) is 63.9 cm³/mol. The molecule has 0 aliphatic rings. The molecule has 1 aromatic carbocycles. The first-order valence-electron chi connectivity index (χ1n) is 4.22. The first-order chi connectivity index (χ1) is 6.22. The van der Waals surface area contributed by atoms with Crippen LogP contribution in [0.1, 0.15) is 11.1 Å². The third-order valence-corrected chi connectivity index (χ3v) is 3.90. The Labute approximate surface area is 90.2 Å². The van der Waals surface area contributed by atoms with Gasteiger partial charge in [0, 0.05) is 0 Å². The maximum absolute atomic E-state index is 5.77. The molecule has 0 heterocycles. The highest BCUT2D eigenvalue weighted by molar-refractivity contribution is 7.33. The summed E-state index contributed by atoms with van der Waals surface area (Å²) in [4.78, 5) is 0. The van der Waals surface area contributed by atoms with Gasteiger partial charge in [0.05, 0.1) is 0 Å². The van der Waals surface area contributed by atoms with Crippen LogP contribution < -0.4 is 0 Å². The van der Waals surface area contributed by atoms with E-state index in [1.54, 1.807) is 0 Å². The molecule has 0 saturated carbocycles. The van der Waals surface area contributed by atoms with E-state index in [0.29, 0.717) is 0 Å². The lowest BCUT2D eigenvalue weighted by atomic mass is 10.1. The summed E-state index contributed by atoms with van der Waals surface area (Å²) in [5.74, 6) is 0. The van der Waals surface area contributed by atoms with Crippen LogP contribution in [0.25, 0.3) is 6.08 Å². The second-order valence-corrected chi connectivity index (χ2v) is 8.07. The summed E-state index contributed by atoms with van der Waals surface area (Å²) < 4.78 is 0. The zero-order valence-corrected chi connectivity index (χ0v) is 10.0. The Kier molecular flexibility index (Phi) is 4.57. The Morgan fingerprint density at radius 1 is 1.23 bits per heavy atom. The highest BCUT2D eigenvalue weighted by Gasteiger charge is 2.01. The van der Waals surface area contributed by atoms with Crippen molar-refractivity contribution in [2.24, 2.45) is 0 Å². The molecule has 0 amide bonds. The van der Waals surface area contributed by atoms with Gasteiger partial charge >= 0.3 is 0 Å². The zero-order chi connectivity index (χ0) is 9.68. The quantitative estimate of drug-likeness (QED) is 0.549. The Morgan fingerprint density at radius 3 is 2.31 bits per heavy atom. The van der Waals surface area contributed by atoms with Crippen molar-refractivity contribution in [3.05, 3.63) is 42.0 Å². The van der Waals surface area contributed by atoms with Gasteiger partial charge in [-0.3, -0.25) is 0 Å². The van der Waals surface area contributed by atoms with Gasteiger partial charge in [-0.2, -0.15) is 22.2 Å². The minimum Gasteiger partial charge on any atom is -0.150 e. The van der Waals surface area contributed by atoms with Gasteiger partial charge in [0.15, 0.2) is 0 Å². The Hall–Kier alpha value is -0.243. The average molecular weight is 231 g/mol. The molecule has 0 nitrogen and oxygen atoms in total. The highest BCUT2D eigenvalue weighted by atomic mass is 35.7. The summed E-state index contributed by atoms with van der Waals surface area (Å²) in [7, 11) is -1.44. The van der Waals surface area contributed by atoms with Crippen LogP contribution in [0.15, 0.2) is 30.8 Å². The number of halogens is 2. The molecule has 0 aliphatic heterocycles. The van der Waals surface area contributed by atoms with Gasteiger partial charge in [0.2, 0.25) is 7.42 Å². The smallest absolute Gasteiger partial charge is 0.150 e. The second kappa shape index (κ2) is 5.48. The van der Waals surface area contributed by atoms with E-state index in [-0.39, 0.29) is 0 Å². The first kappa shape index (κ1) is 10.8. The van der Waals surface area contributed by atoms with Crippen molar-refractivity contribution in [3.8, 4) is 0 Å². The molecule has 1 aromatic rings. The Morgan fingerprint density at radius 2 is 1.85 bits per heavy atom. The van der Waals surface area contributed by atoms with Crippen molar-refractivity contribution in [3.63, 3.8) is 0 Å². The lowest BCUT2D eigenvalue weighted by molar-refractivity contribution is 1.13. The molecule has 0 bridgehead atoms. The first-order valence-corrected chi connectivity index (χ1v) is 8.52. The fraction of sp³-hybridized carbons (Fsp3) is 0.200. The van der Waals surface area contributed by atoms with E-state index in [0.717, 1.165) is 18.0 Å². The standard InChI is InChI=1S/C10H12Cl2Si/c1-2-9-3-5-10(6-4-9)7-8-13(11)12/h2-6,13H,1,7-8H2. The third kappa shape index (κ3) is 3.99. The number of hydrogen-bond donors (Lipinski definition) is 0. The largest absolute Gasteiger partial charge is 0.237 e. The van der Waals surface area contributed by atoms with E-state index < -0.39 is 7.42 Å². The minimum absolute atomic E-state index is 0.941. The summed E-state index contributed by atoms with van der Waals surface area (Å²) in [5.41, 5.74) is 2.44. The summed E-state index contributed by atoms with van der Waals surface area (Å²) in [6, 6.07) is 9.25. The molecule has 0 saturated heterocycles. The van der Waals surface area contributed by atoms with E-state index in [1.807, 2.05) is 6.08 Å². The van der Waals surface area contributed by atoms with E-state index >= 15 is 0 Å². The SMILES string of the molecule is C=Cc1ccc(CC[SiH](Cl)Cl)cc1. The van der Waals surface area contributed by atoms with Gasteiger partial charge in [0.25, 0.3) is 0 Å². The molecule has 0 atom stereocenters. The van der Waals surface area contributed by atoms with Gasteiger partial charge in [0.1, 0.15) is 0 Å². The Balaban J connectivity index is 2.54. The van der Waals surface area contributed by atoms with Crippen LogP contribution in [0.4, 0.5) is 0 Å². The third-order valence-electron chi connectivity index (χ3n) is 1.87. The molecule has 0 spiro atoms. The molecule has 0 unspecified atom stereocenters. The Bertz CT molecular complexity index is 267. The summed E-state index contributed by atoms with van der Waals surface area (Å²) in [6.45, 7) is 3.70. The van der Waals surface area contributed by atoms with E-state index in [2.05, 4.69) is 30.8 Å². The fourth-order valence-electron chi connectivity index (χ4n) is 1.10. The van der Waals surface area contributed by atoms with Crippen molar-refractivity contribution >= 4 is 35.7 Å². The molecule has 3 heteroatoms. The molecule has 0 N–H and O–H groups in total. The minimum atomic E-state index is -1.44. The average Bonchev–Trinajstić information content (AvgIpc) is 2.15. The second-order valence-electron chi connectivity index (χ2n) is 2.88. The number of benzene rings is 1. The molecule has 0 fully saturated rings. The van der Waals surface area contributed by atoms with Crippen LogP contribution in [0.5, 0.6) is 0 Å². The molecule has 70 valence electrons. The van der Waals surface area contributed by atoms with Crippen molar-refractivity contribution < 1.29 is 0 Å². The fourth-order valence-corrected chi connectivity index (χ4v) is 2.30. The number of aryl methyl sites for hydroxylation is 1. The van der Waals surface area contributed by atoms with E-state index in [9.17, 15) is 0 Å². The van der Waals surface area contributed by atoms with Gasteiger partial charge in [-0.1, -0.05) is 36.9 Å². The maximum atomic E-state index is 5.77. The van der Waals surface area contributed by atoms with Crippen LogP contribution in [-0.4, -0.2) is 7.42 Å². The van der Waals surface area contributed by atoms with E-state index in [1.165, 1.54) is 5.56 Å². The number of hydrogen-bond acceptors (Lipinski definition) is 0. The molecule has 0 aliphatic carbocycles. The highest BCUT2D eigenvalue weighted by Crippen LogP contribution is 2.11. The lowest BCUT2D eigenvalue weighted by Gasteiger charge is -2.01. The molecule has 0 radical (unpaired) electrons. The van der Waals surface area contributed by atoms with Crippen LogP contribution in [-0.2, 0) is 6.42 Å². The summed E-state index contributed by atoms with van der Waals surface area (Å²) >= 11 is 11.5. The van der Waals surface area contributed by atoms with Gasteiger partial charge in [-0.25, -0.2) is 0 Å². The topological polar surface area (TPSA) is 0 Å². The van der Waals surface area contributed by atoms with Crippen LogP contribution >= 0.6 is 22.2 Å².